The van der Waals surface area contributed by atoms with Crippen LogP contribution in [0.1, 0.15) is 17.5 Å². The third-order valence-electron chi connectivity index (χ3n) is 4.92. The quantitative estimate of drug-likeness (QED) is 0.815. The minimum atomic E-state index is -4.50. The Kier molecular flexibility index (Phi) is 6.57. The number of hydrogen-bond donors (Lipinski definition) is 1. The van der Waals surface area contributed by atoms with Crippen LogP contribution in [0.25, 0.3) is 0 Å². The van der Waals surface area contributed by atoms with E-state index in [9.17, 15) is 18.0 Å². The Balaban J connectivity index is 1.45. The first-order valence-corrected chi connectivity index (χ1v) is 9.42. The number of halogens is 3. The van der Waals surface area contributed by atoms with Gasteiger partial charge in [0.25, 0.3) is 0 Å². The zero-order valence-corrected chi connectivity index (χ0v) is 15.6. The first kappa shape index (κ1) is 20.2. The van der Waals surface area contributed by atoms with Crippen molar-refractivity contribution in [2.75, 3.05) is 38.0 Å². The van der Waals surface area contributed by atoms with Gasteiger partial charge in [0.2, 0.25) is 0 Å². The second kappa shape index (κ2) is 9.10. The number of carbonyl (C=O) groups is 1. The molecule has 2 aromatic rings. The molecule has 0 bridgehead atoms. The van der Waals surface area contributed by atoms with Crippen molar-refractivity contribution in [1.82, 2.24) is 9.80 Å². The van der Waals surface area contributed by atoms with Crippen molar-refractivity contribution in [3.05, 3.63) is 65.7 Å². The summed E-state index contributed by atoms with van der Waals surface area (Å²) < 4.78 is 39.2. The molecule has 7 heteroatoms. The molecule has 0 atom stereocenters. The summed E-state index contributed by atoms with van der Waals surface area (Å²) in [5.41, 5.74) is 0.275. The Morgan fingerprint density at radius 3 is 2.25 bits per heavy atom. The Morgan fingerprint density at radius 1 is 0.929 bits per heavy atom. The molecule has 1 heterocycles. The van der Waals surface area contributed by atoms with Gasteiger partial charge in [-0.3, -0.25) is 4.90 Å². The van der Waals surface area contributed by atoms with Gasteiger partial charge in [0.1, 0.15) is 0 Å². The van der Waals surface area contributed by atoms with E-state index < -0.39 is 17.8 Å². The molecule has 1 aliphatic heterocycles. The lowest BCUT2D eigenvalue weighted by Crippen LogP contribution is -2.50. The van der Waals surface area contributed by atoms with Crippen LogP contribution in [0.4, 0.5) is 23.7 Å². The molecule has 0 unspecified atom stereocenters. The smallest absolute Gasteiger partial charge is 0.322 e. The summed E-state index contributed by atoms with van der Waals surface area (Å²) in [4.78, 5) is 16.2. The highest BCUT2D eigenvalue weighted by molar-refractivity contribution is 5.90. The summed E-state index contributed by atoms with van der Waals surface area (Å²) in [6.45, 7) is 3.41. The fourth-order valence-electron chi connectivity index (χ4n) is 3.36. The molecule has 0 saturated carbocycles. The topological polar surface area (TPSA) is 35.6 Å². The molecule has 28 heavy (non-hydrogen) atoms. The Hall–Kier alpha value is -2.54. The summed E-state index contributed by atoms with van der Waals surface area (Å²) in [5.74, 6) is 0. The lowest BCUT2D eigenvalue weighted by atomic mass is 10.1. The highest BCUT2D eigenvalue weighted by Crippen LogP contribution is 2.34. The molecule has 2 aromatic carbocycles. The lowest BCUT2D eigenvalue weighted by Gasteiger charge is -2.34. The lowest BCUT2D eigenvalue weighted by molar-refractivity contribution is -0.136. The number of rotatable bonds is 5. The molecule has 2 amide bonds. The maximum absolute atomic E-state index is 13.1. The van der Waals surface area contributed by atoms with Crippen LogP contribution in [0.2, 0.25) is 0 Å². The molecule has 1 saturated heterocycles. The van der Waals surface area contributed by atoms with Gasteiger partial charge >= 0.3 is 12.2 Å². The van der Waals surface area contributed by atoms with Gasteiger partial charge in [-0.15, -0.1) is 0 Å². The van der Waals surface area contributed by atoms with Crippen LogP contribution in [-0.4, -0.2) is 48.6 Å². The first-order chi connectivity index (χ1) is 13.4. The van der Waals surface area contributed by atoms with Gasteiger partial charge < -0.3 is 10.2 Å². The van der Waals surface area contributed by atoms with E-state index in [2.05, 4.69) is 22.3 Å². The molecule has 150 valence electrons. The van der Waals surface area contributed by atoms with E-state index in [1.165, 1.54) is 23.8 Å². The number of piperazine rings is 1. The zero-order chi connectivity index (χ0) is 20.0. The van der Waals surface area contributed by atoms with Crippen LogP contribution < -0.4 is 5.32 Å². The number of amides is 2. The minimum absolute atomic E-state index is 0.203. The van der Waals surface area contributed by atoms with Gasteiger partial charge in [0.05, 0.1) is 11.3 Å². The predicted octanol–water partition coefficient (Wildman–Crippen LogP) is 4.49. The van der Waals surface area contributed by atoms with Crippen molar-refractivity contribution in [3.8, 4) is 0 Å². The highest BCUT2D eigenvalue weighted by atomic mass is 19.4. The second-order valence-corrected chi connectivity index (χ2v) is 6.89. The van der Waals surface area contributed by atoms with E-state index in [0.29, 0.717) is 13.1 Å². The van der Waals surface area contributed by atoms with Crippen molar-refractivity contribution < 1.29 is 18.0 Å². The molecular weight excluding hydrogens is 367 g/mol. The number of benzene rings is 2. The van der Waals surface area contributed by atoms with Gasteiger partial charge in [-0.2, -0.15) is 13.2 Å². The van der Waals surface area contributed by atoms with Crippen molar-refractivity contribution in [3.63, 3.8) is 0 Å². The average molecular weight is 391 g/mol. The third-order valence-corrected chi connectivity index (χ3v) is 4.92. The monoisotopic (exact) mass is 391 g/mol. The Morgan fingerprint density at radius 2 is 1.57 bits per heavy atom. The molecule has 1 N–H and O–H groups in total. The molecule has 0 spiro atoms. The van der Waals surface area contributed by atoms with E-state index in [1.54, 1.807) is 4.90 Å². The van der Waals surface area contributed by atoms with E-state index in [1.807, 2.05) is 18.2 Å². The molecule has 1 fully saturated rings. The summed E-state index contributed by atoms with van der Waals surface area (Å²) in [6.07, 6.45) is -2.45. The molecule has 0 aliphatic carbocycles. The fraction of sp³-hybridized carbons (Fsp3) is 0.381. The van der Waals surface area contributed by atoms with E-state index in [-0.39, 0.29) is 5.69 Å². The van der Waals surface area contributed by atoms with Crippen LogP contribution in [0.5, 0.6) is 0 Å². The fourth-order valence-corrected chi connectivity index (χ4v) is 3.36. The largest absolute Gasteiger partial charge is 0.418 e. The summed E-state index contributed by atoms with van der Waals surface area (Å²) in [5, 5.41) is 2.41. The van der Waals surface area contributed by atoms with Gasteiger partial charge in [-0.25, -0.2) is 4.79 Å². The summed E-state index contributed by atoms with van der Waals surface area (Å²) in [6, 6.07) is 14.8. The number of aryl methyl sites for hydroxylation is 1. The van der Waals surface area contributed by atoms with Gasteiger partial charge in [0, 0.05) is 26.2 Å². The van der Waals surface area contributed by atoms with Crippen LogP contribution >= 0.6 is 0 Å². The van der Waals surface area contributed by atoms with Crippen molar-refractivity contribution in [1.29, 1.82) is 0 Å². The Labute approximate surface area is 162 Å². The SMILES string of the molecule is O=C(Nc1ccccc1C(F)(F)F)N1CCN(CCCc2ccccc2)CC1. The Bertz CT molecular complexity index is 772. The van der Waals surface area contributed by atoms with Gasteiger partial charge in [0.15, 0.2) is 0 Å². The maximum Gasteiger partial charge on any atom is 0.418 e. The van der Waals surface area contributed by atoms with Crippen LogP contribution in [0.3, 0.4) is 0 Å². The molecule has 4 nitrogen and oxygen atoms in total. The number of urea groups is 1. The number of alkyl halides is 3. The van der Waals surface area contributed by atoms with Gasteiger partial charge in [-0.1, -0.05) is 42.5 Å². The number of carbonyl (C=O) groups excluding carboxylic acids is 1. The first-order valence-electron chi connectivity index (χ1n) is 9.42. The van der Waals surface area contributed by atoms with Crippen molar-refractivity contribution in [2.45, 2.75) is 19.0 Å². The number of anilines is 1. The maximum atomic E-state index is 13.1. The molecule has 1 aliphatic rings. The number of nitrogens with one attached hydrogen (secondary N) is 1. The third kappa shape index (κ3) is 5.48. The van der Waals surface area contributed by atoms with E-state index >= 15 is 0 Å². The zero-order valence-electron chi connectivity index (χ0n) is 15.6. The minimum Gasteiger partial charge on any atom is -0.322 e. The van der Waals surface area contributed by atoms with Crippen LogP contribution in [0, 0.1) is 0 Å². The van der Waals surface area contributed by atoms with Crippen molar-refractivity contribution in [2.24, 2.45) is 0 Å². The number of nitrogens with zero attached hydrogens (tertiary/aromatic N) is 2. The standard InChI is InChI=1S/C21H24F3N3O/c22-21(23,24)18-10-4-5-11-19(18)25-20(28)27-15-13-26(14-16-27)12-6-9-17-7-2-1-3-8-17/h1-5,7-8,10-11H,6,9,12-16H2,(H,25,28). The summed E-state index contributed by atoms with van der Waals surface area (Å²) >= 11 is 0. The van der Waals surface area contributed by atoms with E-state index in [0.717, 1.165) is 38.5 Å². The van der Waals surface area contributed by atoms with E-state index in [4.69, 9.17) is 0 Å². The molecular formula is C21H24F3N3O. The van der Waals surface area contributed by atoms with Crippen molar-refractivity contribution >= 4 is 11.7 Å². The second-order valence-electron chi connectivity index (χ2n) is 6.89. The van der Waals surface area contributed by atoms with Gasteiger partial charge in [-0.05, 0) is 37.1 Å². The molecule has 3 rings (SSSR count). The predicted molar refractivity (Wildman–Crippen MR) is 103 cm³/mol. The number of para-hydroxylation sites is 1. The van der Waals surface area contributed by atoms with Crippen LogP contribution in [0.15, 0.2) is 54.6 Å². The number of hydrogen-bond acceptors (Lipinski definition) is 2. The highest BCUT2D eigenvalue weighted by Gasteiger charge is 2.34. The average Bonchev–Trinajstić information content (AvgIpc) is 2.69. The normalized spacial score (nSPS) is 15.5. The molecule has 0 radical (unpaired) electrons. The van der Waals surface area contributed by atoms with Crippen LogP contribution in [-0.2, 0) is 12.6 Å². The molecule has 0 aromatic heterocycles. The summed E-state index contributed by atoms with van der Waals surface area (Å²) in [7, 11) is 0.